The number of benzene rings is 1. The summed E-state index contributed by atoms with van der Waals surface area (Å²) in [6.07, 6.45) is 0.462. The van der Waals surface area contributed by atoms with Gasteiger partial charge < -0.3 is 20.9 Å². The van der Waals surface area contributed by atoms with Crippen molar-refractivity contribution in [3.05, 3.63) is 41.5 Å². The molecular formula is C37H57N7O4. The first-order chi connectivity index (χ1) is 22.0. The van der Waals surface area contributed by atoms with Crippen LogP contribution in [0, 0.1) is 11.3 Å². The number of ether oxygens (including phenoxy) is 1. The summed E-state index contributed by atoms with van der Waals surface area (Å²) < 4.78 is 7.41. The zero-order valence-corrected chi connectivity index (χ0v) is 31.2. The number of nitrogens with one attached hydrogen (secondary N) is 1. The minimum atomic E-state index is -0.803. The highest BCUT2D eigenvalue weighted by atomic mass is 16.6. The van der Waals surface area contributed by atoms with E-state index in [2.05, 4.69) is 56.9 Å². The van der Waals surface area contributed by atoms with Crippen molar-refractivity contribution in [1.82, 2.24) is 24.8 Å². The van der Waals surface area contributed by atoms with E-state index in [4.69, 9.17) is 10.5 Å². The first-order valence-corrected chi connectivity index (χ1v) is 17.0. The number of likely N-dealkylation sites (N-methyl/N-ethyl adjacent to an activating group) is 1. The summed E-state index contributed by atoms with van der Waals surface area (Å²) in [7, 11) is 1.95. The quantitative estimate of drug-likeness (QED) is 0.187. The Labute approximate surface area is 286 Å². The molecule has 0 aliphatic carbocycles. The third-order valence-corrected chi connectivity index (χ3v) is 9.16. The Morgan fingerprint density at radius 1 is 1.12 bits per heavy atom. The van der Waals surface area contributed by atoms with Gasteiger partial charge in [-0.25, -0.2) is 9.78 Å². The molecule has 1 fully saturated rings. The number of fused-ring (bicyclic) bond motifs is 1. The van der Waals surface area contributed by atoms with Gasteiger partial charge in [-0.3, -0.25) is 14.6 Å². The summed E-state index contributed by atoms with van der Waals surface area (Å²) in [5.41, 5.74) is 9.45. The SMILES string of the molecule is CC(C)c1c2nn3c(N(Cc4cccc(N)c4)C(=O)OC(C)(C)C)cc-2nc13.CC1CC(NC(C)(C)C)CN(C)C1(C(=O)O)C(C)(C)C. The van der Waals surface area contributed by atoms with Crippen molar-refractivity contribution in [3.63, 3.8) is 0 Å². The molecule has 1 amide bonds. The van der Waals surface area contributed by atoms with Gasteiger partial charge in [0.2, 0.25) is 0 Å². The zero-order valence-electron chi connectivity index (χ0n) is 31.2. The van der Waals surface area contributed by atoms with Crippen LogP contribution in [0.2, 0.25) is 0 Å². The number of carbonyl (C=O) groups excluding carboxylic acids is 1. The van der Waals surface area contributed by atoms with Gasteiger partial charge in [-0.05, 0) is 90.0 Å². The van der Waals surface area contributed by atoms with E-state index in [0.717, 1.165) is 41.1 Å². The van der Waals surface area contributed by atoms with Crippen LogP contribution in [0.3, 0.4) is 0 Å². The largest absolute Gasteiger partial charge is 0.480 e. The molecule has 4 bridgehead atoms. The number of carboxylic acids is 1. The fraction of sp³-hybridized carbons (Fsp3) is 0.622. The number of hydrogen-bond acceptors (Lipinski definition) is 8. The first-order valence-electron chi connectivity index (χ1n) is 17.0. The van der Waals surface area contributed by atoms with Crippen LogP contribution in [0.5, 0.6) is 0 Å². The van der Waals surface area contributed by atoms with E-state index < -0.39 is 23.2 Å². The van der Waals surface area contributed by atoms with Crippen molar-refractivity contribution in [2.45, 2.75) is 125 Å². The molecule has 0 saturated carbocycles. The van der Waals surface area contributed by atoms with Crippen LogP contribution in [0.4, 0.5) is 16.3 Å². The Morgan fingerprint density at radius 3 is 2.25 bits per heavy atom. The molecule has 3 atom stereocenters. The Balaban J connectivity index is 0.000000231. The molecule has 3 aliphatic rings. The molecule has 3 aromatic rings. The van der Waals surface area contributed by atoms with Crippen LogP contribution in [-0.4, -0.2) is 73.0 Å². The average Bonchev–Trinajstić information content (AvgIpc) is 3.41. The predicted molar refractivity (Wildman–Crippen MR) is 192 cm³/mol. The highest BCUT2D eigenvalue weighted by Crippen LogP contribution is 2.46. The minimum absolute atomic E-state index is 0.0518. The molecule has 3 unspecified atom stereocenters. The normalized spacial score (nSPS) is 21.1. The second-order valence-corrected chi connectivity index (χ2v) is 16.9. The van der Waals surface area contributed by atoms with Gasteiger partial charge in [-0.1, -0.05) is 53.7 Å². The maximum absolute atomic E-state index is 13.1. The molecule has 1 saturated heterocycles. The van der Waals surface area contributed by atoms with Crippen LogP contribution in [0.1, 0.15) is 107 Å². The highest BCUT2D eigenvalue weighted by Gasteiger charge is 2.58. The van der Waals surface area contributed by atoms with Crippen LogP contribution in [0.25, 0.3) is 17.0 Å². The molecule has 2 aromatic heterocycles. The number of anilines is 2. The van der Waals surface area contributed by atoms with Gasteiger partial charge in [0.25, 0.3) is 0 Å². The number of aliphatic carboxylic acids is 1. The van der Waals surface area contributed by atoms with Gasteiger partial charge in [-0.2, -0.15) is 9.61 Å². The van der Waals surface area contributed by atoms with Crippen molar-refractivity contribution in [1.29, 1.82) is 0 Å². The number of piperidine rings is 1. The smallest absolute Gasteiger partial charge is 0.416 e. The number of nitrogens with two attached hydrogens (primary N) is 1. The summed E-state index contributed by atoms with van der Waals surface area (Å²) in [5, 5.41) is 18.2. The van der Waals surface area contributed by atoms with Gasteiger partial charge in [0.1, 0.15) is 22.7 Å². The number of amides is 1. The second kappa shape index (κ2) is 13.0. The first kappa shape index (κ1) is 37.1. The third-order valence-electron chi connectivity index (χ3n) is 9.16. The van der Waals surface area contributed by atoms with E-state index in [9.17, 15) is 14.7 Å². The van der Waals surface area contributed by atoms with Crippen LogP contribution in [-0.2, 0) is 16.1 Å². The molecule has 11 heteroatoms. The van der Waals surface area contributed by atoms with E-state index >= 15 is 0 Å². The average molecular weight is 664 g/mol. The standard InChI is InChI=1S/C21H25N5O2.C16H32N2O2/c1-12(2)17-18-15-10-16(26(24-18)19(17)23-15)25(20(27)28-21(3,4)5)11-13-7-6-8-14(22)9-13;1-11-9-12(17-15(5,6)7)10-18(8)16(11,13(19)20)14(2,3)4/h6-10,12H,11,22H2,1-5H3;11-12,17H,9-10H2,1-8H3,(H,19,20). The molecule has 11 nitrogen and oxygen atoms in total. The summed E-state index contributed by atoms with van der Waals surface area (Å²) in [5.74, 6) is 0.348. The molecule has 0 spiro atoms. The fourth-order valence-electron chi connectivity index (χ4n) is 7.73. The lowest BCUT2D eigenvalue weighted by Crippen LogP contribution is -2.71. The monoisotopic (exact) mass is 663 g/mol. The second-order valence-electron chi connectivity index (χ2n) is 16.9. The van der Waals surface area contributed by atoms with Crippen molar-refractivity contribution in [3.8, 4) is 11.4 Å². The number of likely N-dealkylation sites (tertiary alicyclic amines) is 1. The lowest BCUT2D eigenvalue weighted by Gasteiger charge is -2.56. The summed E-state index contributed by atoms with van der Waals surface area (Å²) >= 11 is 0. The Hall–Kier alpha value is -3.70. The maximum atomic E-state index is 13.1. The van der Waals surface area contributed by atoms with Crippen LogP contribution < -0.4 is 16.0 Å². The number of nitrogens with zero attached hydrogens (tertiary/aromatic N) is 5. The summed E-state index contributed by atoms with van der Waals surface area (Å²) in [4.78, 5) is 33.4. The molecule has 6 rings (SSSR count). The van der Waals surface area contributed by atoms with E-state index in [1.165, 1.54) is 0 Å². The molecule has 3 aliphatic heterocycles. The van der Waals surface area contributed by atoms with E-state index in [1.54, 1.807) is 9.42 Å². The molecule has 48 heavy (non-hydrogen) atoms. The maximum Gasteiger partial charge on any atom is 0.416 e. The third kappa shape index (κ3) is 7.32. The Morgan fingerprint density at radius 2 is 1.77 bits per heavy atom. The fourth-order valence-corrected chi connectivity index (χ4v) is 7.73. The van der Waals surface area contributed by atoms with Crippen molar-refractivity contribution in [2.75, 3.05) is 24.2 Å². The number of hydrogen-bond donors (Lipinski definition) is 3. The molecular weight excluding hydrogens is 606 g/mol. The van der Waals surface area contributed by atoms with Crippen molar-refractivity contribution in [2.24, 2.45) is 11.3 Å². The van der Waals surface area contributed by atoms with Crippen LogP contribution >= 0.6 is 0 Å². The highest BCUT2D eigenvalue weighted by molar-refractivity contribution is 5.90. The van der Waals surface area contributed by atoms with Gasteiger partial charge >= 0.3 is 12.1 Å². The van der Waals surface area contributed by atoms with E-state index in [-0.39, 0.29) is 16.9 Å². The number of carboxylic acid groups (broad SMARTS) is 1. The van der Waals surface area contributed by atoms with E-state index in [0.29, 0.717) is 30.0 Å². The van der Waals surface area contributed by atoms with Gasteiger partial charge in [0.15, 0.2) is 5.65 Å². The minimum Gasteiger partial charge on any atom is -0.480 e. The van der Waals surface area contributed by atoms with Crippen molar-refractivity contribution >= 4 is 29.2 Å². The van der Waals surface area contributed by atoms with Crippen LogP contribution in [0.15, 0.2) is 30.3 Å². The van der Waals surface area contributed by atoms with Gasteiger partial charge in [0.05, 0.1) is 12.2 Å². The van der Waals surface area contributed by atoms with Gasteiger partial charge in [-0.15, -0.1) is 0 Å². The molecule has 5 heterocycles. The molecule has 0 radical (unpaired) electrons. The lowest BCUT2D eigenvalue weighted by molar-refractivity contribution is -0.171. The summed E-state index contributed by atoms with van der Waals surface area (Å²) in [6.45, 7) is 25.5. The Kier molecular flexibility index (Phi) is 10.0. The number of carbonyl (C=O) groups is 2. The topological polar surface area (TPSA) is 138 Å². The number of nitrogen functional groups attached to an aromatic ring is 1. The number of aromatic nitrogens is 3. The lowest BCUT2D eigenvalue weighted by atomic mass is 9.62. The zero-order chi connectivity index (χ0) is 36.1. The molecule has 1 aromatic carbocycles. The number of rotatable bonds is 6. The molecule has 4 N–H and O–H groups in total. The van der Waals surface area contributed by atoms with Gasteiger partial charge in [0, 0.05) is 35.4 Å². The predicted octanol–water partition coefficient (Wildman–Crippen LogP) is 6.94. The molecule has 264 valence electrons. The summed E-state index contributed by atoms with van der Waals surface area (Å²) in [6, 6.07) is 9.73. The Bertz CT molecular complexity index is 1650. The van der Waals surface area contributed by atoms with E-state index in [1.807, 2.05) is 83.8 Å². The van der Waals surface area contributed by atoms with Crippen molar-refractivity contribution < 1.29 is 19.4 Å².